The van der Waals surface area contributed by atoms with E-state index in [4.69, 9.17) is 4.74 Å². The zero-order valence-corrected chi connectivity index (χ0v) is 17.9. The molecule has 1 N–H and O–H groups in total. The zero-order valence-electron chi connectivity index (χ0n) is 17.0. The molecule has 8 heteroatoms. The number of ether oxygens (including phenoxy) is 1. The molecule has 1 fully saturated rings. The number of carbonyl (C=O) groups is 1. The minimum atomic E-state index is -3.63. The number of rotatable bonds is 4. The van der Waals surface area contributed by atoms with Crippen LogP contribution in [-0.4, -0.2) is 44.3 Å². The summed E-state index contributed by atoms with van der Waals surface area (Å²) in [6.07, 6.45) is 1.38. The lowest BCUT2D eigenvalue weighted by Gasteiger charge is -2.32. The van der Waals surface area contributed by atoms with E-state index in [1.54, 1.807) is 18.2 Å². The largest absolute Gasteiger partial charge is 0.491 e. The first kappa shape index (κ1) is 20.4. The molecule has 30 heavy (non-hydrogen) atoms. The van der Waals surface area contributed by atoms with E-state index in [-0.39, 0.29) is 22.8 Å². The van der Waals surface area contributed by atoms with E-state index < -0.39 is 10.0 Å². The minimum absolute atomic E-state index is 0.0199. The molecule has 7 nitrogen and oxygen atoms in total. The van der Waals surface area contributed by atoms with Crippen LogP contribution in [0.1, 0.15) is 32.3 Å². The second-order valence-corrected chi connectivity index (χ2v) is 9.40. The Hall–Kier alpha value is -2.87. The third kappa shape index (κ3) is 4.18. The van der Waals surface area contributed by atoms with Crippen LogP contribution >= 0.6 is 0 Å². The molecule has 1 amide bonds. The number of amidine groups is 1. The van der Waals surface area contributed by atoms with Crippen molar-refractivity contribution in [2.45, 2.75) is 37.7 Å². The maximum atomic E-state index is 12.7. The van der Waals surface area contributed by atoms with E-state index >= 15 is 0 Å². The van der Waals surface area contributed by atoms with Crippen LogP contribution in [0.25, 0.3) is 0 Å². The van der Waals surface area contributed by atoms with Gasteiger partial charge in [-0.05, 0) is 63.1 Å². The number of hydrogen-bond acceptors (Lipinski definition) is 5. The summed E-state index contributed by atoms with van der Waals surface area (Å²) < 4.78 is 34.2. The average Bonchev–Trinajstić information content (AvgIpc) is 3.00. The molecular formula is C22H25N3O4S. The number of nitrogens with zero attached hydrogens (tertiary/aromatic N) is 2. The second-order valence-electron chi connectivity index (χ2n) is 7.83. The van der Waals surface area contributed by atoms with Crippen LogP contribution in [0.5, 0.6) is 5.75 Å². The van der Waals surface area contributed by atoms with Gasteiger partial charge in [-0.3, -0.25) is 4.79 Å². The van der Waals surface area contributed by atoms with Gasteiger partial charge >= 0.3 is 0 Å². The number of benzene rings is 2. The van der Waals surface area contributed by atoms with Crippen molar-refractivity contribution in [2.24, 2.45) is 10.3 Å². The van der Waals surface area contributed by atoms with Crippen LogP contribution in [0.3, 0.4) is 0 Å². The maximum absolute atomic E-state index is 12.7. The van der Waals surface area contributed by atoms with Gasteiger partial charge in [-0.2, -0.15) is 8.42 Å². The molecule has 0 spiro atoms. The molecule has 2 aliphatic heterocycles. The lowest BCUT2D eigenvalue weighted by Crippen LogP contribution is -2.41. The Labute approximate surface area is 176 Å². The summed E-state index contributed by atoms with van der Waals surface area (Å²) >= 11 is 0. The van der Waals surface area contributed by atoms with E-state index in [2.05, 4.69) is 9.71 Å². The first-order valence-corrected chi connectivity index (χ1v) is 11.5. The quantitative estimate of drug-likeness (QED) is 0.809. The summed E-state index contributed by atoms with van der Waals surface area (Å²) in [5.74, 6) is 1.12. The summed E-state index contributed by atoms with van der Waals surface area (Å²) in [6, 6.07) is 14.2. The van der Waals surface area contributed by atoms with Crippen molar-refractivity contribution in [3.8, 4) is 5.75 Å². The fourth-order valence-corrected chi connectivity index (χ4v) is 5.03. The van der Waals surface area contributed by atoms with Gasteiger partial charge in [-0.15, -0.1) is 4.40 Å². The molecule has 0 radical (unpaired) electrons. The summed E-state index contributed by atoms with van der Waals surface area (Å²) in [4.78, 5) is 14.9. The zero-order chi connectivity index (χ0) is 21.3. The number of amides is 1. The molecule has 0 unspecified atom stereocenters. The lowest BCUT2D eigenvalue weighted by molar-refractivity contribution is -0.120. The predicted molar refractivity (Wildman–Crippen MR) is 115 cm³/mol. The van der Waals surface area contributed by atoms with Crippen LogP contribution in [-0.2, 0) is 14.8 Å². The van der Waals surface area contributed by atoms with Gasteiger partial charge < -0.3 is 15.0 Å². The van der Waals surface area contributed by atoms with Crippen molar-refractivity contribution >= 4 is 27.5 Å². The summed E-state index contributed by atoms with van der Waals surface area (Å²) in [7, 11) is -3.63. The third-order valence-electron chi connectivity index (χ3n) is 5.27. The van der Waals surface area contributed by atoms with Gasteiger partial charge in [0.05, 0.1) is 6.10 Å². The number of sulfonamides is 1. The highest BCUT2D eigenvalue weighted by molar-refractivity contribution is 7.90. The van der Waals surface area contributed by atoms with Gasteiger partial charge in [0.25, 0.3) is 10.0 Å². The van der Waals surface area contributed by atoms with E-state index in [0.717, 1.165) is 11.4 Å². The molecule has 0 aromatic heterocycles. The van der Waals surface area contributed by atoms with Crippen LogP contribution in [0, 0.1) is 5.92 Å². The molecule has 1 saturated heterocycles. The average molecular weight is 428 g/mol. The standard InChI is InChI=1S/C22H25N3O4S/c1-15(2)29-18-9-7-17(8-10-18)23-22(26)16-11-13-25(14-12-16)21-19-5-3-4-6-20(19)30(27,28)24-21/h3-10,15-16H,11-14H2,1-2H3,(H,23,26). The van der Waals surface area contributed by atoms with Gasteiger partial charge in [0, 0.05) is 30.3 Å². The number of nitrogens with one attached hydrogen (secondary N) is 1. The number of fused-ring (bicyclic) bond motifs is 1. The monoisotopic (exact) mass is 427 g/mol. The molecule has 0 aliphatic carbocycles. The Morgan fingerprint density at radius 2 is 1.77 bits per heavy atom. The Kier molecular flexibility index (Phi) is 5.51. The highest BCUT2D eigenvalue weighted by atomic mass is 32.2. The van der Waals surface area contributed by atoms with Gasteiger partial charge in [0.15, 0.2) is 5.84 Å². The molecule has 2 aromatic carbocycles. The number of likely N-dealkylation sites (tertiary alicyclic amines) is 1. The molecule has 2 aromatic rings. The van der Waals surface area contributed by atoms with Gasteiger partial charge in [-0.1, -0.05) is 12.1 Å². The molecule has 0 atom stereocenters. The van der Waals surface area contributed by atoms with E-state index in [1.165, 1.54) is 0 Å². The normalized spacial score (nSPS) is 18.1. The molecular weight excluding hydrogens is 402 g/mol. The number of anilines is 1. The van der Waals surface area contributed by atoms with Crippen molar-refractivity contribution in [2.75, 3.05) is 18.4 Å². The maximum Gasteiger partial charge on any atom is 0.285 e. The number of piperidine rings is 1. The highest BCUT2D eigenvalue weighted by Gasteiger charge is 2.34. The number of hydrogen-bond donors (Lipinski definition) is 1. The fourth-order valence-electron chi connectivity index (χ4n) is 3.80. The summed E-state index contributed by atoms with van der Waals surface area (Å²) in [6.45, 7) is 5.10. The third-order valence-corrected chi connectivity index (χ3v) is 6.60. The molecule has 2 aliphatic rings. The number of carbonyl (C=O) groups excluding carboxylic acids is 1. The predicted octanol–water partition coefficient (Wildman–Crippen LogP) is 3.27. The molecule has 0 saturated carbocycles. The molecule has 2 heterocycles. The van der Waals surface area contributed by atoms with Gasteiger partial charge in [-0.25, -0.2) is 0 Å². The van der Waals surface area contributed by atoms with Crippen molar-refractivity contribution in [3.05, 3.63) is 54.1 Å². The van der Waals surface area contributed by atoms with E-state index in [0.29, 0.717) is 37.3 Å². The van der Waals surface area contributed by atoms with Crippen LogP contribution in [0.2, 0.25) is 0 Å². The summed E-state index contributed by atoms with van der Waals surface area (Å²) in [5, 5.41) is 2.97. The minimum Gasteiger partial charge on any atom is -0.491 e. The van der Waals surface area contributed by atoms with Gasteiger partial charge in [0.2, 0.25) is 5.91 Å². The van der Waals surface area contributed by atoms with E-state index in [1.807, 2.05) is 49.1 Å². The second kappa shape index (κ2) is 8.10. The Balaban J connectivity index is 1.36. The Bertz CT molecular complexity index is 1070. The fraction of sp³-hybridized carbons (Fsp3) is 0.364. The van der Waals surface area contributed by atoms with Crippen molar-refractivity contribution < 1.29 is 17.9 Å². The highest BCUT2D eigenvalue weighted by Crippen LogP contribution is 2.30. The Morgan fingerprint density at radius 1 is 1.10 bits per heavy atom. The molecule has 158 valence electrons. The SMILES string of the molecule is CC(C)Oc1ccc(NC(=O)C2CCN(C3=NS(=O)(=O)c4ccccc43)CC2)cc1. The van der Waals surface area contributed by atoms with Crippen LogP contribution in [0.15, 0.2) is 57.8 Å². The smallest absolute Gasteiger partial charge is 0.285 e. The van der Waals surface area contributed by atoms with Crippen molar-refractivity contribution in [1.82, 2.24) is 4.90 Å². The summed E-state index contributed by atoms with van der Waals surface area (Å²) in [5.41, 5.74) is 1.38. The van der Waals surface area contributed by atoms with Crippen molar-refractivity contribution in [1.29, 1.82) is 0 Å². The van der Waals surface area contributed by atoms with Crippen LogP contribution < -0.4 is 10.1 Å². The first-order valence-electron chi connectivity index (χ1n) is 10.1. The van der Waals surface area contributed by atoms with Crippen LogP contribution in [0.4, 0.5) is 5.69 Å². The Morgan fingerprint density at radius 3 is 2.43 bits per heavy atom. The topological polar surface area (TPSA) is 88.1 Å². The molecule has 4 rings (SSSR count). The first-order chi connectivity index (χ1) is 14.3. The molecule has 0 bridgehead atoms. The lowest BCUT2D eigenvalue weighted by atomic mass is 9.95. The van der Waals surface area contributed by atoms with Gasteiger partial charge in [0.1, 0.15) is 10.6 Å². The van der Waals surface area contributed by atoms with E-state index in [9.17, 15) is 13.2 Å². The van der Waals surface area contributed by atoms with Crippen molar-refractivity contribution in [3.63, 3.8) is 0 Å².